The van der Waals surface area contributed by atoms with Crippen molar-refractivity contribution in [1.29, 1.82) is 0 Å². The number of ether oxygens (including phenoxy) is 2. The predicted molar refractivity (Wildman–Crippen MR) is 53.2 cm³/mol. The van der Waals surface area contributed by atoms with Crippen LogP contribution in [0.2, 0.25) is 0 Å². The molecule has 1 amide bonds. The van der Waals surface area contributed by atoms with Gasteiger partial charge in [0.05, 0.1) is 25.7 Å². The first-order chi connectivity index (χ1) is 7.22. The molecule has 1 aliphatic heterocycles. The van der Waals surface area contributed by atoms with Gasteiger partial charge in [-0.1, -0.05) is 0 Å². The summed E-state index contributed by atoms with van der Waals surface area (Å²) in [7, 11) is 0. The van der Waals surface area contributed by atoms with E-state index in [4.69, 9.17) is 9.47 Å². The zero-order valence-corrected chi connectivity index (χ0v) is 8.95. The van der Waals surface area contributed by atoms with Crippen LogP contribution in [0.25, 0.3) is 0 Å². The molecule has 0 radical (unpaired) electrons. The molecule has 15 heavy (non-hydrogen) atoms. The second-order valence-electron chi connectivity index (χ2n) is 3.43. The molecular formula is C10H17NO4. The van der Waals surface area contributed by atoms with E-state index in [1.165, 1.54) is 0 Å². The van der Waals surface area contributed by atoms with E-state index in [0.29, 0.717) is 19.8 Å². The van der Waals surface area contributed by atoms with Gasteiger partial charge in [0, 0.05) is 13.0 Å². The summed E-state index contributed by atoms with van der Waals surface area (Å²) >= 11 is 0. The van der Waals surface area contributed by atoms with Crippen LogP contribution in [0.3, 0.4) is 0 Å². The molecule has 0 saturated carbocycles. The third-order valence-electron chi connectivity index (χ3n) is 2.16. The maximum Gasteiger partial charge on any atom is 0.306 e. The molecule has 1 atom stereocenters. The summed E-state index contributed by atoms with van der Waals surface area (Å²) in [5, 5.41) is 2.80. The summed E-state index contributed by atoms with van der Waals surface area (Å²) in [6, 6.07) is 0.111. The molecule has 1 unspecified atom stereocenters. The quantitative estimate of drug-likeness (QED) is 0.667. The highest BCUT2D eigenvalue weighted by atomic mass is 16.5. The van der Waals surface area contributed by atoms with Crippen LogP contribution in [0, 0.1) is 0 Å². The lowest BCUT2D eigenvalue weighted by atomic mass is 10.2. The average Bonchev–Trinajstić information content (AvgIpc) is 2.68. The van der Waals surface area contributed by atoms with Gasteiger partial charge in [0.2, 0.25) is 5.91 Å². The summed E-state index contributed by atoms with van der Waals surface area (Å²) in [5.41, 5.74) is 0. The number of hydrogen-bond donors (Lipinski definition) is 1. The van der Waals surface area contributed by atoms with Crippen LogP contribution in [0.4, 0.5) is 0 Å². The van der Waals surface area contributed by atoms with Gasteiger partial charge >= 0.3 is 5.97 Å². The highest BCUT2D eigenvalue weighted by molar-refractivity contribution is 5.81. The highest BCUT2D eigenvalue weighted by Crippen LogP contribution is 2.04. The Morgan fingerprint density at radius 3 is 2.87 bits per heavy atom. The van der Waals surface area contributed by atoms with Crippen LogP contribution in [0.1, 0.15) is 26.2 Å². The standard InChI is InChI=1S/C10H17NO4/c1-2-15-10(13)4-3-9(12)11-8-5-6-14-7-8/h8H,2-7H2,1H3,(H,11,12). The minimum atomic E-state index is -0.324. The molecule has 0 aromatic carbocycles. The van der Waals surface area contributed by atoms with Crippen LogP contribution < -0.4 is 5.32 Å². The Morgan fingerprint density at radius 1 is 1.47 bits per heavy atom. The Morgan fingerprint density at radius 2 is 2.27 bits per heavy atom. The molecule has 86 valence electrons. The molecule has 5 heteroatoms. The molecule has 5 nitrogen and oxygen atoms in total. The summed E-state index contributed by atoms with van der Waals surface area (Å²) in [5.74, 6) is -0.436. The van der Waals surface area contributed by atoms with E-state index in [-0.39, 0.29) is 30.8 Å². The topological polar surface area (TPSA) is 64.6 Å². The van der Waals surface area contributed by atoms with Crippen molar-refractivity contribution in [3.8, 4) is 0 Å². The van der Waals surface area contributed by atoms with Gasteiger partial charge in [0.15, 0.2) is 0 Å². The van der Waals surface area contributed by atoms with E-state index in [1.807, 2.05) is 0 Å². The molecule has 0 aromatic rings. The van der Waals surface area contributed by atoms with Crippen LogP contribution >= 0.6 is 0 Å². The van der Waals surface area contributed by atoms with Crippen molar-refractivity contribution < 1.29 is 19.1 Å². The third-order valence-corrected chi connectivity index (χ3v) is 2.16. The average molecular weight is 215 g/mol. The van der Waals surface area contributed by atoms with E-state index in [0.717, 1.165) is 6.42 Å². The van der Waals surface area contributed by atoms with Gasteiger partial charge < -0.3 is 14.8 Å². The first-order valence-corrected chi connectivity index (χ1v) is 5.25. The van der Waals surface area contributed by atoms with Crippen LogP contribution in [-0.2, 0) is 19.1 Å². The molecule has 1 aliphatic rings. The zero-order chi connectivity index (χ0) is 11.1. The van der Waals surface area contributed by atoms with Gasteiger partial charge in [0.1, 0.15) is 0 Å². The van der Waals surface area contributed by atoms with Crippen molar-refractivity contribution in [3.63, 3.8) is 0 Å². The minimum Gasteiger partial charge on any atom is -0.466 e. The molecule has 1 saturated heterocycles. The van der Waals surface area contributed by atoms with Crippen molar-refractivity contribution in [2.75, 3.05) is 19.8 Å². The van der Waals surface area contributed by atoms with E-state index >= 15 is 0 Å². The molecule has 0 bridgehead atoms. The Labute approximate surface area is 89.1 Å². The summed E-state index contributed by atoms with van der Waals surface area (Å²) in [6.07, 6.45) is 1.19. The van der Waals surface area contributed by atoms with Crippen molar-refractivity contribution in [2.24, 2.45) is 0 Å². The Balaban J connectivity index is 2.10. The number of carbonyl (C=O) groups excluding carboxylic acids is 2. The predicted octanol–water partition coefficient (Wildman–Crippen LogP) is 0.235. The molecule has 1 fully saturated rings. The van der Waals surface area contributed by atoms with E-state index in [9.17, 15) is 9.59 Å². The number of carbonyl (C=O) groups is 2. The third kappa shape index (κ3) is 4.78. The number of hydrogen-bond acceptors (Lipinski definition) is 4. The van der Waals surface area contributed by atoms with Crippen molar-refractivity contribution in [1.82, 2.24) is 5.32 Å². The molecular weight excluding hydrogens is 198 g/mol. The van der Waals surface area contributed by atoms with Crippen molar-refractivity contribution in [3.05, 3.63) is 0 Å². The van der Waals surface area contributed by atoms with Gasteiger partial charge in [-0.25, -0.2) is 0 Å². The maximum atomic E-state index is 11.3. The van der Waals surface area contributed by atoms with E-state index in [2.05, 4.69) is 5.32 Å². The highest BCUT2D eigenvalue weighted by Gasteiger charge is 2.18. The number of rotatable bonds is 5. The molecule has 0 aromatic heterocycles. The molecule has 0 aliphatic carbocycles. The first kappa shape index (κ1) is 12.0. The van der Waals surface area contributed by atoms with Crippen molar-refractivity contribution >= 4 is 11.9 Å². The lowest BCUT2D eigenvalue weighted by Crippen LogP contribution is -2.35. The smallest absolute Gasteiger partial charge is 0.306 e. The summed E-state index contributed by atoms with van der Waals surface area (Å²) < 4.78 is 9.83. The molecule has 1 N–H and O–H groups in total. The number of amides is 1. The summed E-state index contributed by atoms with van der Waals surface area (Å²) in [4.78, 5) is 22.3. The fourth-order valence-electron chi connectivity index (χ4n) is 1.40. The summed E-state index contributed by atoms with van der Waals surface area (Å²) in [6.45, 7) is 3.37. The Kier molecular flexibility index (Phi) is 5.10. The molecule has 0 spiro atoms. The molecule has 1 rings (SSSR count). The second kappa shape index (κ2) is 6.40. The van der Waals surface area contributed by atoms with E-state index in [1.54, 1.807) is 6.92 Å². The minimum absolute atomic E-state index is 0.111. The van der Waals surface area contributed by atoms with Gasteiger partial charge in [0.25, 0.3) is 0 Å². The monoisotopic (exact) mass is 215 g/mol. The lowest BCUT2D eigenvalue weighted by Gasteiger charge is -2.09. The van der Waals surface area contributed by atoms with Crippen LogP contribution in [0.5, 0.6) is 0 Å². The van der Waals surface area contributed by atoms with Gasteiger partial charge in [-0.3, -0.25) is 9.59 Å². The Bertz CT molecular complexity index is 223. The maximum absolute atomic E-state index is 11.3. The number of esters is 1. The fraction of sp³-hybridized carbons (Fsp3) is 0.800. The van der Waals surface area contributed by atoms with Crippen molar-refractivity contribution in [2.45, 2.75) is 32.2 Å². The van der Waals surface area contributed by atoms with Crippen LogP contribution in [-0.4, -0.2) is 37.7 Å². The largest absolute Gasteiger partial charge is 0.466 e. The number of nitrogens with one attached hydrogen (secondary N) is 1. The molecule has 1 heterocycles. The second-order valence-corrected chi connectivity index (χ2v) is 3.43. The van der Waals surface area contributed by atoms with E-state index < -0.39 is 0 Å². The van der Waals surface area contributed by atoms with Crippen LogP contribution in [0.15, 0.2) is 0 Å². The SMILES string of the molecule is CCOC(=O)CCC(=O)NC1CCOC1. The van der Waals surface area contributed by atoms with Gasteiger partial charge in [-0.2, -0.15) is 0 Å². The Hall–Kier alpha value is -1.10. The van der Waals surface area contributed by atoms with Gasteiger partial charge in [-0.05, 0) is 13.3 Å². The first-order valence-electron chi connectivity index (χ1n) is 5.25. The lowest BCUT2D eigenvalue weighted by molar-refractivity contribution is -0.144. The van der Waals surface area contributed by atoms with Gasteiger partial charge in [-0.15, -0.1) is 0 Å². The zero-order valence-electron chi connectivity index (χ0n) is 8.95. The normalized spacial score (nSPS) is 19.9. The fourth-order valence-corrected chi connectivity index (χ4v) is 1.40.